The number of imidazole rings is 1. The number of pyridine rings is 2. The number of aromatic nitrogens is 8. The number of carbonyl (C=O) groups is 8. The van der Waals surface area contributed by atoms with Crippen molar-refractivity contribution in [2.75, 3.05) is 23.0 Å². The van der Waals surface area contributed by atoms with Crippen LogP contribution in [0.3, 0.4) is 0 Å². The lowest BCUT2D eigenvalue weighted by molar-refractivity contribution is -0.179. The first kappa shape index (κ1) is 101. The van der Waals surface area contributed by atoms with Crippen molar-refractivity contribution >= 4 is 137 Å². The zero-order valence-electron chi connectivity index (χ0n) is 83.1. The number of aliphatic hydroxyl groups is 8. The van der Waals surface area contributed by atoms with Crippen LogP contribution in [0.1, 0.15) is 184 Å². The Morgan fingerprint density at radius 3 is 1.28 bits per heavy atom. The van der Waals surface area contributed by atoms with Crippen molar-refractivity contribution < 1.29 is 79.2 Å². The lowest BCUT2D eigenvalue weighted by atomic mass is 9.46. The number of Topliss-reactive ketones (excluding diaryl/α,β-unsaturated/α-hetero) is 4. The lowest BCUT2D eigenvalue weighted by Crippen LogP contribution is -2.62. The van der Waals surface area contributed by atoms with Gasteiger partial charge in [0.2, 0.25) is 0 Å². The zero-order chi connectivity index (χ0) is 101. The molecule has 24 nitrogen and oxygen atoms in total. The summed E-state index contributed by atoms with van der Waals surface area (Å²) >= 11 is 5.31. The van der Waals surface area contributed by atoms with Gasteiger partial charge in [-0.1, -0.05) is 217 Å². The van der Waals surface area contributed by atoms with Crippen LogP contribution in [-0.2, 0) is 38.4 Å². The average Bonchev–Trinajstić information content (AvgIpc) is 1.56. The van der Waals surface area contributed by atoms with Crippen LogP contribution in [0.5, 0.6) is 0 Å². The molecular weight excluding hydrogens is 1890 g/mol. The van der Waals surface area contributed by atoms with Crippen molar-refractivity contribution in [3.05, 3.63) is 211 Å². The summed E-state index contributed by atoms with van der Waals surface area (Å²) < 4.78 is 0. The van der Waals surface area contributed by atoms with Crippen molar-refractivity contribution in [2.24, 2.45) is 120 Å². The molecule has 0 bridgehead atoms. The molecular formula is C116H130N8O16S4. The minimum Gasteiger partial charge on any atom is -0.393 e. The quantitative estimate of drug-likeness (QED) is 0.0406. The van der Waals surface area contributed by atoms with E-state index < -0.39 is 68.5 Å². The molecule has 9 N–H and O–H groups in total. The van der Waals surface area contributed by atoms with Crippen LogP contribution < -0.4 is 0 Å². The normalized spacial score (nSPS) is 39.9. The van der Waals surface area contributed by atoms with Crippen LogP contribution in [-0.4, -0.2) is 197 Å². The Morgan fingerprint density at radius 1 is 0.403 bits per heavy atom. The Balaban J connectivity index is 0.000000113. The van der Waals surface area contributed by atoms with E-state index in [1.165, 1.54) is 47.0 Å². The van der Waals surface area contributed by atoms with Crippen LogP contribution >= 0.6 is 47.0 Å². The number of aromatic amines is 1. The van der Waals surface area contributed by atoms with E-state index in [1.54, 1.807) is 73.4 Å². The molecule has 0 aliphatic heterocycles. The summed E-state index contributed by atoms with van der Waals surface area (Å²) in [6.07, 6.45) is 38.3. The van der Waals surface area contributed by atoms with Gasteiger partial charge in [-0.15, -0.1) is 5.10 Å². The molecule has 144 heavy (non-hydrogen) atoms. The van der Waals surface area contributed by atoms with Gasteiger partial charge in [0.25, 0.3) is 0 Å². The number of rotatable bonds is 16. The topological polar surface area (TPSA) is 404 Å². The molecule has 0 radical (unpaired) electrons. The molecule has 12 saturated carbocycles. The van der Waals surface area contributed by atoms with E-state index in [1.807, 2.05) is 150 Å². The highest BCUT2D eigenvalue weighted by Gasteiger charge is 2.74. The summed E-state index contributed by atoms with van der Waals surface area (Å²) in [6, 6.07) is 29.1. The van der Waals surface area contributed by atoms with Gasteiger partial charge in [-0.3, -0.25) is 43.3 Å². The number of benzene rings is 3. The van der Waals surface area contributed by atoms with Crippen molar-refractivity contribution in [2.45, 2.75) is 251 Å². The molecule has 754 valence electrons. The third kappa shape index (κ3) is 16.0. The van der Waals surface area contributed by atoms with E-state index in [-0.39, 0.29) is 168 Å². The van der Waals surface area contributed by atoms with Crippen LogP contribution in [0.2, 0.25) is 0 Å². The first-order chi connectivity index (χ1) is 68.6. The molecule has 3 aromatic carbocycles. The largest absolute Gasteiger partial charge is 0.393 e. The fourth-order valence-corrected chi connectivity index (χ4v) is 36.4. The molecule has 28 heteroatoms. The third-order valence-corrected chi connectivity index (χ3v) is 43.8. The van der Waals surface area contributed by atoms with E-state index in [4.69, 9.17) is 0 Å². The fourth-order valence-electron chi connectivity index (χ4n) is 32.8. The van der Waals surface area contributed by atoms with Crippen molar-refractivity contribution in [3.8, 4) is 0 Å². The smallest absolute Gasteiger partial charge is 0.178 e. The van der Waals surface area contributed by atoms with Gasteiger partial charge in [0, 0.05) is 95.5 Å². The minimum atomic E-state index is -1.52. The van der Waals surface area contributed by atoms with Gasteiger partial charge in [0.1, 0.15) is 37.5 Å². The number of para-hydroxylation sites is 2. The summed E-state index contributed by atoms with van der Waals surface area (Å²) in [5, 5.41) is 109. The number of aliphatic hydroxyl groups excluding tert-OH is 4. The molecule has 16 aliphatic carbocycles. The van der Waals surface area contributed by atoms with Gasteiger partial charge in [0.15, 0.2) is 57.1 Å². The van der Waals surface area contributed by atoms with Crippen LogP contribution in [0.15, 0.2) is 231 Å². The Hall–Kier alpha value is -9.27. The van der Waals surface area contributed by atoms with Gasteiger partial charge in [-0.2, -0.15) is 5.10 Å². The van der Waals surface area contributed by atoms with Gasteiger partial charge in [-0.05, 0) is 260 Å². The molecule has 8 aromatic rings. The molecule has 0 spiro atoms. The molecule has 29 atom stereocenters. The third-order valence-electron chi connectivity index (χ3n) is 40.0. The molecule has 24 rings (SSSR count). The maximum absolute atomic E-state index is 13.9. The van der Waals surface area contributed by atoms with Crippen LogP contribution in [0, 0.1) is 120 Å². The Labute approximate surface area is 856 Å². The SMILES string of the molecule is CC12C=CC(=O)C=C1CCC1C2[C@@H](O)CC2(C)C1CC[C@]2(O)C(=O)CSc1cnc2ccccc2n1.CC12C=CC(=O)C=C1CCC1C2[C@@H](O)CC2(C)C1CC[C@]2(O)C(=O)CSc1nc2ncccc2[nH]1.CC12C=CC(=O)C=C1CCC1C2[C@@H](O)CC2(C)C1CC[C@]2(O)C(=O)CSc1nccc2ccccc12.C[C@@H]1CC2C3CCC4=CC(=O)C=CC4(C)C3[C@@H](O)CC2(C)[C@@]1(O)C(=O)CSc1nncc2ccccc12. The second kappa shape index (κ2) is 37.2. The summed E-state index contributed by atoms with van der Waals surface area (Å²) in [4.78, 5) is 128. The molecule has 5 aromatic heterocycles. The van der Waals surface area contributed by atoms with E-state index in [0.29, 0.717) is 65.8 Å². The number of fused-ring (bicyclic) bond motifs is 24. The first-order valence-corrected chi connectivity index (χ1v) is 55.6. The second-order valence-corrected chi connectivity index (χ2v) is 50.4. The molecule has 0 amide bonds. The van der Waals surface area contributed by atoms with E-state index in [0.717, 1.165) is 142 Å². The van der Waals surface area contributed by atoms with Gasteiger partial charge in [-0.25, -0.2) is 19.9 Å². The highest BCUT2D eigenvalue weighted by molar-refractivity contribution is 8.00. The maximum atomic E-state index is 13.9. The number of nitrogens with one attached hydrogen (secondary N) is 1. The Kier molecular flexibility index (Phi) is 26.0. The van der Waals surface area contributed by atoms with E-state index >= 15 is 0 Å². The summed E-state index contributed by atoms with van der Waals surface area (Å²) in [5.74, 6) is 0.876. The Morgan fingerprint density at radius 2 is 0.806 bits per heavy atom. The molecule has 20 unspecified atom stereocenters. The minimum absolute atomic E-state index is 0.00775. The fraction of sp³-hybridized carbons (Fsp3) is 0.526. The van der Waals surface area contributed by atoms with Crippen molar-refractivity contribution in [1.82, 2.24) is 40.1 Å². The second-order valence-electron chi connectivity index (χ2n) is 46.5. The number of carbonyl (C=O) groups excluding carboxylic acids is 8. The number of hydrogen-bond acceptors (Lipinski definition) is 27. The lowest BCUT2D eigenvalue weighted by Gasteiger charge is -2.59. The number of thioether (sulfide) groups is 4. The summed E-state index contributed by atoms with van der Waals surface area (Å²) in [5.41, 5.74) is -2.70. The zero-order valence-corrected chi connectivity index (χ0v) is 86.3. The van der Waals surface area contributed by atoms with Crippen molar-refractivity contribution in [1.29, 1.82) is 0 Å². The number of ketones is 8. The highest BCUT2D eigenvalue weighted by Crippen LogP contribution is 2.73. The van der Waals surface area contributed by atoms with Gasteiger partial charge < -0.3 is 45.8 Å². The highest BCUT2D eigenvalue weighted by atomic mass is 32.2. The molecule has 5 heterocycles. The molecule has 16 aliphatic rings. The number of allylic oxidation sites excluding steroid dienone is 16. The first-order valence-electron chi connectivity index (χ1n) is 51.7. The molecule has 12 fully saturated rings. The van der Waals surface area contributed by atoms with Crippen LogP contribution in [0.25, 0.3) is 43.7 Å². The predicted octanol–water partition coefficient (Wildman–Crippen LogP) is 17.4. The van der Waals surface area contributed by atoms with E-state index in [2.05, 4.69) is 67.8 Å². The van der Waals surface area contributed by atoms with Crippen LogP contribution in [0.4, 0.5) is 0 Å². The average molecular weight is 2020 g/mol. The van der Waals surface area contributed by atoms with Gasteiger partial charge >= 0.3 is 0 Å². The van der Waals surface area contributed by atoms with E-state index in [9.17, 15) is 79.2 Å². The van der Waals surface area contributed by atoms with Crippen molar-refractivity contribution in [3.63, 3.8) is 0 Å². The number of H-pyrrole nitrogens is 1. The standard InChI is InChI=1S/C30H34N2O4S.C30H33NO4S.C29H32N2O4S.C27H31N3O4S/c1-17-12-23-22-9-8-19-13-20(33)10-11-28(19,2)26(22)24(34)14-29(23,3)30(17,36)25(35)16-37-27-21-7-5-4-6-18(21)15-31-32-27;1-28-12-9-20(32)15-19(28)7-8-22-23-10-13-30(35,29(23,2)16-24(33)26(22)28)25(34)17-36-27-21-6-4-3-5-18(21)11-14-31-27;1-27-11-9-18(32)13-17(27)7-8-19-20-10-12-29(35,28(20,2)14-23(33)26(19)27)24(34)16-36-25-15-30-21-5-3-4-6-22(21)31-25;1-25-9-7-16(31)12-15(25)5-6-17-18-8-10-27(34,26(18,2)13-20(32)22(17)25)21(33)14-35-24-29-19-4-3-11-28-23(19)30-24/h4-7,10-11,13,15,17,22-24,26,34,36H,8-9,12,14,16H2,1-3H3;3-6,9,11-12,14-15,22-24,26,33,35H,7-8,10,13,16-17H2,1-2H3;3-6,9,11,13,15,19-20,23,26,33,35H,7-8,10,12,14,16H2,1-2H3;3-4,7,9,11-12,17-18,20,22,32,34H,5-6,8,10,13-14H2,1-2H3,(H,28,29,30)/t17-,22?,23?,24+,26?,28?,29?,30+;22?,23?,24-,26?,28?,29?,30-;19?,20?,23-,26?,27?,28?,29-;17?,18?,20-,22?,25?,26?,27-/m1000/s1. The number of hydrogen-bond donors (Lipinski definition) is 9. The predicted molar refractivity (Wildman–Crippen MR) is 554 cm³/mol. The maximum Gasteiger partial charge on any atom is 0.178 e. The van der Waals surface area contributed by atoms with Gasteiger partial charge in [0.05, 0.1) is 76.4 Å². The summed E-state index contributed by atoms with van der Waals surface area (Å²) in [7, 11) is 0. The summed E-state index contributed by atoms with van der Waals surface area (Å²) in [6.45, 7) is 18.6. The number of nitrogens with zero attached hydrogens (tertiary/aromatic N) is 7. The molecule has 0 saturated heterocycles. The Bertz CT molecular complexity index is 6840. The monoisotopic (exact) mass is 2020 g/mol.